The Hall–Kier alpha value is -1.43. The lowest BCUT2D eigenvalue weighted by Crippen LogP contribution is -2.43. The third-order valence-corrected chi connectivity index (χ3v) is 3.82. The topological polar surface area (TPSA) is 71.8 Å². The third kappa shape index (κ3) is 3.76. The van der Waals surface area contributed by atoms with E-state index >= 15 is 0 Å². The van der Waals surface area contributed by atoms with Gasteiger partial charge in [0.25, 0.3) is 0 Å². The van der Waals surface area contributed by atoms with Crippen molar-refractivity contribution in [1.29, 1.82) is 0 Å². The van der Waals surface area contributed by atoms with Gasteiger partial charge in [-0.1, -0.05) is 6.92 Å². The molecule has 0 saturated carbocycles. The van der Waals surface area contributed by atoms with Crippen molar-refractivity contribution in [2.45, 2.75) is 52.2 Å². The maximum absolute atomic E-state index is 11.9. The van der Waals surface area contributed by atoms with Gasteiger partial charge in [-0.15, -0.1) is 10.2 Å². The van der Waals surface area contributed by atoms with Crippen molar-refractivity contribution >= 4 is 5.91 Å². The first-order valence-corrected chi connectivity index (χ1v) is 7.07. The summed E-state index contributed by atoms with van der Waals surface area (Å²) in [6.07, 6.45) is 4.64. The lowest BCUT2D eigenvalue weighted by molar-refractivity contribution is -0.122. The molecular formula is C13H23N5O. The number of nitrogens with zero attached hydrogens (tertiary/aromatic N) is 3. The molecule has 0 bridgehead atoms. The first-order chi connectivity index (χ1) is 9.20. The molecule has 19 heavy (non-hydrogen) atoms. The molecule has 0 aromatic carbocycles. The Morgan fingerprint density at radius 1 is 1.63 bits per heavy atom. The number of carbonyl (C=O) groups excluding carboxylic acids is 1. The van der Waals surface area contributed by atoms with Gasteiger partial charge in [0.1, 0.15) is 6.33 Å². The predicted molar refractivity (Wildman–Crippen MR) is 72.3 cm³/mol. The van der Waals surface area contributed by atoms with Gasteiger partial charge in [-0.3, -0.25) is 4.79 Å². The summed E-state index contributed by atoms with van der Waals surface area (Å²) in [5, 5.41) is 14.2. The maximum atomic E-state index is 11.9. The van der Waals surface area contributed by atoms with Gasteiger partial charge < -0.3 is 15.2 Å². The number of amides is 1. The SMILES string of the molecule is CCn1cnnc1CNC(=O)CC1NCCCC1C. The van der Waals surface area contributed by atoms with Gasteiger partial charge >= 0.3 is 0 Å². The van der Waals surface area contributed by atoms with E-state index in [0.29, 0.717) is 24.9 Å². The van der Waals surface area contributed by atoms with Crippen LogP contribution in [-0.2, 0) is 17.9 Å². The molecule has 1 amide bonds. The van der Waals surface area contributed by atoms with E-state index in [1.54, 1.807) is 6.33 Å². The molecule has 1 saturated heterocycles. The highest BCUT2D eigenvalue weighted by Crippen LogP contribution is 2.17. The van der Waals surface area contributed by atoms with Crippen molar-refractivity contribution in [3.8, 4) is 0 Å². The average molecular weight is 265 g/mol. The second kappa shape index (κ2) is 6.65. The fourth-order valence-corrected chi connectivity index (χ4v) is 2.52. The van der Waals surface area contributed by atoms with Crippen LogP contribution in [0.15, 0.2) is 6.33 Å². The van der Waals surface area contributed by atoms with Gasteiger partial charge in [0.2, 0.25) is 5.91 Å². The predicted octanol–water partition coefficient (Wildman–Crippen LogP) is 0.692. The summed E-state index contributed by atoms with van der Waals surface area (Å²) >= 11 is 0. The van der Waals surface area contributed by atoms with Crippen molar-refractivity contribution in [2.24, 2.45) is 5.92 Å². The fraction of sp³-hybridized carbons (Fsp3) is 0.769. The Kier molecular flexibility index (Phi) is 4.90. The van der Waals surface area contributed by atoms with E-state index < -0.39 is 0 Å². The van der Waals surface area contributed by atoms with E-state index in [0.717, 1.165) is 18.9 Å². The van der Waals surface area contributed by atoms with Crippen LogP contribution in [-0.4, -0.2) is 33.3 Å². The molecule has 2 N–H and O–H groups in total. The van der Waals surface area contributed by atoms with Gasteiger partial charge in [-0.25, -0.2) is 0 Å². The van der Waals surface area contributed by atoms with Crippen molar-refractivity contribution in [3.63, 3.8) is 0 Å². The zero-order valence-corrected chi connectivity index (χ0v) is 11.7. The van der Waals surface area contributed by atoms with Crippen LogP contribution in [0.3, 0.4) is 0 Å². The van der Waals surface area contributed by atoms with Crippen molar-refractivity contribution in [2.75, 3.05) is 6.54 Å². The molecule has 1 aromatic heterocycles. The number of hydrogen-bond acceptors (Lipinski definition) is 4. The third-order valence-electron chi connectivity index (χ3n) is 3.82. The summed E-state index contributed by atoms with van der Waals surface area (Å²) in [6, 6.07) is 0.304. The molecular weight excluding hydrogens is 242 g/mol. The molecule has 1 aliphatic rings. The average Bonchev–Trinajstić information content (AvgIpc) is 2.86. The number of piperidine rings is 1. The van der Waals surface area contributed by atoms with Crippen LogP contribution in [0.1, 0.15) is 38.9 Å². The molecule has 2 heterocycles. The molecule has 0 spiro atoms. The number of nitrogens with one attached hydrogen (secondary N) is 2. The summed E-state index contributed by atoms with van der Waals surface area (Å²) in [5.41, 5.74) is 0. The molecule has 1 aliphatic heterocycles. The van der Waals surface area contributed by atoms with E-state index in [1.807, 2.05) is 11.5 Å². The van der Waals surface area contributed by atoms with Crippen LogP contribution in [0.4, 0.5) is 0 Å². The van der Waals surface area contributed by atoms with Gasteiger partial charge in [0, 0.05) is 19.0 Å². The highest BCUT2D eigenvalue weighted by Gasteiger charge is 2.23. The van der Waals surface area contributed by atoms with Crippen LogP contribution >= 0.6 is 0 Å². The number of aromatic nitrogens is 3. The monoisotopic (exact) mass is 265 g/mol. The van der Waals surface area contributed by atoms with Gasteiger partial charge in [0.15, 0.2) is 5.82 Å². The molecule has 2 atom stereocenters. The van der Waals surface area contributed by atoms with E-state index in [9.17, 15) is 4.79 Å². The van der Waals surface area contributed by atoms with Crippen molar-refractivity contribution in [1.82, 2.24) is 25.4 Å². The Balaban J connectivity index is 1.78. The standard InChI is InChI=1S/C13H23N5O/c1-3-18-9-16-17-12(18)8-15-13(19)7-11-10(2)5-4-6-14-11/h9-11,14H,3-8H2,1-2H3,(H,15,19). The minimum absolute atomic E-state index is 0.0805. The van der Waals surface area contributed by atoms with Crippen molar-refractivity contribution in [3.05, 3.63) is 12.2 Å². The lowest BCUT2D eigenvalue weighted by Gasteiger charge is -2.29. The number of aryl methyl sites for hydroxylation is 1. The van der Waals surface area contributed by atoms with Gasteiger partial charge in [0.05, 0.1) is 6.54 Å². The van der Waals surface area contributed by atoms with E-state index in [-0.39, 0.29) is 5.91 Å². The van der Waals surface area contributed by atoms with Crippen LogP contribution in [0.5, 0.6) is 0 Å². The van der Waals surface area contributed by atoms with E-state index in [4.69, 9.17) is 0 Å². The van der Waals surface area contributed by atoms with Crippen LogP contribution < -0.4 is 10.6 Å². The van der Waals surface area contributed by atoms with Crippen molar-refractivity contribution < 1.29 is 4.79 Å². The maximum Gasteiger partial charge on any atom is 0.221 e. The van der Waals surface area contributed by atoms with Gasteiger partial charge in [-0.2, -0.15) is 0 Å². The summed E-state index contributed by atoms with van der Waals surface area (Å²) in [4.78, 5) is 11.9. The molecule has 1 fully saturated rings. The summed E-state index contributed by atoms with van der Waals surface area (Å²) in [6.45, 7) is 6.53. The Morgan fingerprint density at radius 3 is 3.21 bits per heavy atom. The minimum Gasteiger partial charge on any atom is -0.349 e. The van der Waals surface area contributed by atoms with E-state index in [2.05, 4.69) is 27.8 Å². The summed E-state index contributed by atoms with van der Waals surface area (Å²) in [5.74, 6) is 1.45. The van der Waals surface area contributed by atoms with Crippen LogP contribution in [0.25, 0.3) is 0 Å². The van der Waals surface area contributed by atoms with E-state index in [1.165, 1.54) is 12.8 Å². The first kappa shape index (κ1) is 14.0. The minimum atomic E-state index is 0.0805. The van der Waals surface area contributed by atoms with Crippen LogP contribution in [0.2, 0.25) is 0 Å². The highest BCUT2D eigenvalue weighted by atomic mass is 16.1. The normalized spacial score (nSPS) is 23.3. The number of rotatable bonds is 5. The second-order valence-corrected chi connectivity index (χ2v) is 5.19. The summed E-state index contributed by atoms with van der Waals surface area (Å²) < 4.78 is 1.93. The van der Waals surface area contributed by atoms with Crippen LogP contribution in [0, 0.1) is 5.92 Å². The zero-order chi connectivity index (χ0) is 13.7. The summed E-state index contributed by atoms with van der Waals surface area (Å²) in [7, 11) is 0. The second-order valence-electron chi connectivity index (χ2n) is 5.19. The largest absolute Gasteiger partial charge is 0.349 e. The first-order valence-electron chi connectivity index (χ1n) is 7.07. The highest BCUT2D eigenvalue weighted by molar-refractivity contribution is 5.76. The van der Waals surface area contributed by atoms with Gasteiger partial charge in [-0.05, 0) is 32.2 Å². The molecule has 2 unspecified atom stereocenters. The molecule has 6 heteroatoms. The molecule has 106 valence electrons. The molecule has 0 aliphatic carbocycles. The molecule has 1 aromatic rings. The molecule has 6 nitrogen and oxygen atoms in total. The fourth-order valence-electron chi connectivity index (χ4n) is 2.52. The Labute approximate surface area is 114 Å². The Bertz CT molecular complexity index is 417. The molecule has 2 rings (SSSR count). The lowest BCUT2D eigenvalue weighted by atomic mass is 9.90. The quantitative estimate of drug-likeness (QED) is 0.822. The smallest absolute Gasteiger partial charge is 0.221 e. The Morgan fingerprint density at radius 2 is 2.47 bits per heavy atom. The zero-order valence-electron chi connectivity index (χ0n) is 11.7. The number of carbonyl (C=O) groups is 1. The molecule has 0 radical (unpaired) electrons. The number of hydrogen-bond donors (Lipinski definition) is 2.